The fourth-order valence-electron chi connectivity index (χ4n) is 5.14. The Balaban J connectivity index is 0.00000167. The molecule has 0 spiro atoms. The number of likely N-dealkylation sites (N-methyl/N-ethyl adjacent to an activating group) is 1. The summed E-state index contributed by atoms with van der Waals surface area (Å²) in [6.45, 7) is 4.71. The van der Waals surface area contributed by atoms with E-state index in [-0.39, 0.29) is 56.4 Å². The van der Waals surface area contributed by atoms with Crippen molar-refractivity contribution in [2.75, 3.05) is 39.9 Å². The Morgan fingerprint density at radius 3 is 2.54 bits per heavy atom. The number of rotatable bonds is 6. The van der Waals surface area contributed by atoms with Crippen molar-refractivity contribution >= 4 is 24.2 Å². The molecular weight excluding hydrogens is 625 g/mol. The highest BCUT2D eigenvalue weighted by atomic mass is 19.1. The number of carbonyl (C=O) groups is 4. The largest absolute Gasteiger partial charge is 0.493 e. The number of hydrogen-bond donors (Lipinski definition) is 2. The molecule has 3 aromatic rings. The maximum absolute atomic E-state index is 13.4. The third kappa shape index (κ3) is 10.4. The molecule has 256 valence electrons. The second-order valence-corrected chi connectivity index (χ2v) is 11.8. The van der Waals surface area contributed by atoms with Gasteiger partial charge < -0.3 is 39.2 Å². The van der Waals surface area contributed by atoms with Crippen LogP contribution in [0.2, 0.25) is 0 Å². The smallest absolute Gasteiger partial charge is 0.290 e. The summed E-state index contributed by atoms with van der Waals surface area (Å²) in [7, 11) is 1.56. The van der Waals surface area contributed by atoms with Gasteiger partial charge in [0.05, 0.1) is 31.9 Å². The summed E-state index contributed by atoms with van der Waals surface area (Å²) in [5, 5.41) is 9.91. The van der Waals surface area contributed by atoms with Crippen molar-refractivity contribution < 1.29 is 47.6 Å². The van der Waals surface area contributed by atoms with Crippen LogP contribution >= 0.6 is 0 Å². The first-order valence-electron chi connectivity index (χ1n) is 15.5. The minimum atomic E-state index is -0.524. The van der Waals surface area contributed by atoms with Crippen LogP contribution in [-0.2, 0) is 25.7 Å². The molecule has 2 aliphatic heterocycles. The molecule has 4 bridgehead atoms. The number of carboxylic acid groups (broad SMARTS) is 1. The van der Waals surface area contributed by atoms with Crippen molar-refractivity contribution in [2.45, 2.75) is 39.0 Å². The number of piperidine rings is 1. The zero-order chi connectivity index (χ0) is 34.6. The molecule has 0 aliphatic carbocycles. The van der Waals surface area contributed by atoms with Gasteiger partial charge in [0.15, 0.2) is 6.61 Å². The van der Waals surface area contributed by atoms with E-state index >= 15 is 0 Å². The molecule has 1 saturated heterocycles. The highest BCUT2D eigenvalue weighted by molar-refractivity contribution is 5.97. The molecule has 0 unspecified atom stereocenters. The van der Waals surface area contributed by atoms with Gasteiger partial charge in [-0.2, -0.15) is 0 Å². The molecule has 5 rings (SSSR count). The molecule has 2 heterocycles. The molecule has 0 saturated carbocycles. The van der Waals surface area contributed by atoms with Crippen LogP contribution in [0.4, 0.5) is 4.39 Å². The van der Waals surface area contributed by atoms with E-state index in [1.807, 2.05) is 38.1 Å². The van der Waals surface area contributed by atoms with Crippen LogP contribution in [0.25, 0.3) is 0 Å². The summed E-state index contributed by atoms with van der Waals surface area (Å²) in [6.07, 6.45) is -0.0812. The summed E-state index contributed by atoms with van der Waals surface area (Å²) >= 11 is 0. The fraction of sp³-hybridized carbons (Fsp3) is 0.371. The summed E-state index contributed by atoms with van der Waals surface area (Å²) < 4.78 is 37.2. The third-order valence-electron chi connectivity index (χ3n) is 7.47. The van der Waals surface area contributed by atoms with Gasteiger partial charge in [0.2, 0.25) is 5.91 Å². The van der Waals surface area contributed by atoms with Gasteiger partial charge in [-0.1, -0.05) is 26.0 Å². The van der Waals surface area contributed by atoms with Crippen molar-refractivity contribution in [3.05, 3.63) is 83.7 Å². The minimum Gasteiger partial charge on any atom is -0.493 e. The van der Waals surface area contributed by atoms with Gasteiger partial charge in [-0.25, -0.2) is 4.39 Å². The number of amides is 3. The lowest BCUT2D eigenvalue weighted by Crippen LogP contribution is -2.57. The number of fused-ring (bicyclic) bond motifs is 5. The first-order chi connectivity index (χ1) is 23.0. The second-order valence-electron chi connectivity index (χ2n) is 11.8. The molecule has 0 radical (unpaired) electrons. The van der Waals surface area contributed by atoms with E-state index in [1.54, 1.807) is 30.1 Å². The lowest BCUT2D eigenvalue weighted by atomic mass is 10.0. The predicted octanol–water partition coefficient (Wildman–Crippen LogP) is 4.12. The molecule has 0 aromatic heterocycles. The Morgan fingerprint density at radius 1 is 1.06 bits per heavy atom. The number of carbonyl (C=O) groups excluding carboxylic acids is 3. The van der Waals surface area contributed by atoms with Crippen LogP contribution in [0, 0.1) is 11.7 Å². The number of nitrogens with one attached hydrogen (secondary N) is 1. The molecular formula is C35H40FN3O9. The molecule has 2 aliphatic rings. The van der Waals surface area contributed by atoms with E-state index in [0.717, 1.165) is 5.56 Å². The van der Waals surface area contributed by atoms with Crippen LogP contribution in [0.1, 0.15) is 36.2 Å². The number of benzene rings is 3. The lowest BCUT2D eigenvalue weighted by Gasteiger charge is -2.39. The molecule has 2 N–H and O–H groups in total. The Morgan fingerprint density at radius 2 is 1.81 bits per heavy atom. The SMILES string of the molecule is CC(C)COc1cc2cc(c1)C(=O)N(C)CC(=O)N[C@H]1CCN(C(=O)COc3ccc(F)cc3)C[C@@H]1OCc1cccc(c1)O2.O=CO. The zero-order valence-corrected chi connectivity index (χ0v) is 27.1. The lowest BCUT2D eigenvalue weighted by molar-refractivity contribution is -0.139. The van der Waals surface area contributed by atoms with Crippen LogP contribution in [0.5, 0.6) is 23.0 Å². The van der Waals surface area contributed by atoms with Gasteiger partial charge in [0.25, 0.3) is 18.3 Å². The quantitative estimate of drug-likeness (QED) is 0.372. The minimum absolute atomic E-state index is 0.178. The number of halogens is 1. The molecule has 13 heteroatoms. The van der Waals surface area contributed by atoms with Crippen LogP contribution < -0.4 is 19.5 Å². The van der Waals surface area contributed by atoms with Gasteiger partial charge in [-0.15, -0.1) is 0 Å². The van der Waals surface area contributed by atoms with Crippen molar-refractivity contribution in [1.82, 2.24) is 15.1 Å². The Hall–Kier alpha value is -5.17. The standard InChI is InChI=1S/C34H38FN3O7.CH2O2/c1-22(2)19-42-28-14-24-15-29(16-28)45-27-6-4-5-23(13-27)20-44-31-17-38(33(40)21-43-26-9-7-25(35)8-10-26)12-11-30(31)36-32(39)18-37(3)34(24)41;2-1-3/h4-10,13-16,22,30-31H,11-12,17-21H2,1-3H3,(H,36,39);1H,(H,2,3)/t30-,31-;/m0./s1. The first kappa shape index (κ1) is 35.7. The highest BCUT2D eigenvalue weighted by Gasteiger charge is 2.34. The topological polar surface area (TPSA) is 144 Å². The third-order valence-corrected chi connectivity index (χ3v) is 7.47. The van der Waals surface area contributed by atoms with Gasteiger partial charge in [-0.3, -0.25) is 19.2 Å². The summed E-state index contributed by atoms with van der Waals surface area (Å²) in [5.74, 6) is 0.795. The molecule has 3 aromatic carbocycles. The van der Waals surface area contributed by atoms with E-state index in [9.17, 15) is 18.8 Å². The van der Waals surface area contributed by atoms with Crippen molar-refractivity contribution in [2.24, 2.45) is 5.92 Å². The number of hydrogen-bond acceptors (Lipinski definition) is 8. The predicted molar refractivity (Wildman–Crippen MR) is 173 cm³/mol. The van der Waals surface area contributed by atoms with Gasteiger partial charge in [0.1, 0.15) is 28.8 Å². The molecule has 12 nitrogen and oxygen atoms in total. The first-order valence-corrected chi connectivity index (χ1v) is 15.5. The van der Waals surface area contributed by atoms with Gasteiger partial charge in [0, 0.05) is 31.8 Å². The van der Waals surface area contributed by atoms with E-state index in [2.05, 4.69) is 5.32 Å². The average Bonchev–Trinajstić information content (AvgIpc) is 3.06. The number of nitrogens with zero attached hydrogens (tertiary/aromatic N) is 2. The zero-order valence-electron chi connectivity index (χ0n) is 27.1. The van der Waals surface area contributed by atoms with Crippen LogP contribution in [0.15, 0.2) is 66.7 Å². The van der Waals surface area contributed by atoms with E-state index < -0.39 is 18.0 Å². The van der Waals surface area contributed by atoms with E-state index in [4.69, 9.17) is 28.8 Å². The van der Waals surface area contributed by atoms with Crippen molar-refractivity contribution in [3.63, 3.8) is 0 Å². The Labute approximate surface area is 278 Å². The number of likely N-dealkylation sites (tertiary alicyclic amines) is 1. The van der Waals surface area contributed by atoms with Crippen LogP contribution in [0.3, 0.4) is 0 Å². The molecule has 1 fully saturated rings. The summed E-state index contributed by atoms with van der Waals surface area (Å²) in [5.41, 5.74) is 1.16. The maximum atomic E-state index is 13.4. The van der Waals surface area contributed by atoms with Crippen LogP contribution in [-0.4, -0.2) is 91.1 Å². The molecule has 3 amide bonds. The van der Waals surface area contributed by atoms with E-state index in [1.165, 1.54) is 29.2 Å². The fourth-order valence-corrected chi connectivity index (χ4v) is 5.14. The summed E-state index contributed by atoms with van der Waals surface area (Å²) in [4.78, 5) is 51.0. The molecule has 2 atom stereocenters. The maximum Gasteiger partial charge on any atom is 0.290 e. The van der Waals surface area contributed by atoms with Gasteiger partial charge >= 0.3 is 0 Å². The summed E-state index contributed by atoms with van der Waals surface area (Å²) in [6, 6.07) is 17.5. The Kier molecular flexibility index (Phi) is 12.7. The number of ether oxygens (including phenoxy) is 4. The molecule has 48 heavy (non-hydrogen) atoms. The van der Waals surface area contributed by atoms with Crippen molar-refractivity contribution in [3.8, 4) is 23.0 Å². The normalized spacial score (nSPS) is 18.0. The monoisotopic (exact) mass is 665 g/mol. The van der Waals surface area contributed by atoms with E-state index in [0.29, 0.717) is 48.1 Å². The van der Waals surface area contributed by atoms with Gasteiger partial charge in [-0.05, 0) is 66.4 Å². The highest BCUT2D eigenvalue weighted by Crippen LogP contribution is 2.30. The Bertz CT molecular complexity index is 1570. The van der Waals surface area contributed by atoms with Crippen molar-refractivity contribution in [1.29, 1.82) is 0 Å². The second kappa shape index (κ2) is 17.1. The average molecular weight is 666 g/mol.